The molecule has 0 atom stereocenters. The topological polar surface area (TPSA) is 33.1 Å². The van der Waals surface area contributed by atoms with Crippen molar-refractivity contribution < 1.29 is 5.11 Å². The molecular formula is C9H15NO. The zero-order valence-electron chi connectivity index (χ0n) is 7.33. The number of nitrogens with zero attached hydrogens (tertiary/aromatic N) is 1. The molecule has 0 bridgehead atoms. The van der Waals surface area contributed by atoms with Gasteiger partial charge in [0.1, 0.15) is 0 Å². The van der Waals surface area contributed by atoms with Crippen LogP contribution in [-0.2, 0) is 6.61 Å². The van der Waals surface area contributed by atoms with E-state index >= 15 is 0 Å². The molecule has 0 aliphatic heterocycles. The Kier molecular flexibility index (Phi) is 5.39. The molecule has 0 amide bonds. The Morgan fingerprint density at radius 3 is 2.45 bits per heavy atom. The molecule has 1 aromatic heterocycles. The van der Waals surface area contributed by atoms with E-state index in [2.05, 4.69) is 4.98 Å². The molecule has 11 heavy (non-hydrogen) atoms. The molecular weight excluding hydrogens is 138 g/mol. The van der Waals surface area contributed by atoms with Crippen LogP contribution in [0.5, 0.6) is 0 Å². The average molecular weight is 153 g/mol. The fourth-order valence-electron chi connectivity index (χ4n) is 0.680. The summed E-state index contributed by atoms with van der Waals surface area (Å²) < 4.78 is 0. The highest BCUT2D eigenvalue weighted by molar-refractivity contribution is 5.19. The lowest BCUT2D eigenvalue weighted by Gasteiger charge is -1.97. The van der Waals surface area contributed by atoms with Crippen molar-refractivity contribution in [2.24, 2.45) is 0 Å². The Labute approximate surface area is 67.9 Å². The van der Waals surface area contributed by atoms with Crippen LogP contribution in [0.25, 0.3) is 0 Å². The van der Waals surface area contributed by atoms with Gasteiger partial charge in [0.15, 0.2) is 0 Å². The first kappa shape index (κ1) is 10.1. The van der Waals surface area contributed by atoms with Gasteiger partial charge in [0.05, 0.1) is 6.61 Å². The first-order valence-corrected chi connectivity index (χ1v) is 3.85. The number of aliphatic hydroxyl groups is 1. The summed E-state index contributed by atoms with van der Waals surface area (Å²) in [5, 5.41) is 8.69. The lowest BCUT2D eigenvalue weighted by atomic mass is 10.2. The lowest BCUT2D eigenvalue weighted by Crippen LogP contribution is -1.87. The van der Waals surface area contributed by atoms with Crippen molar-refractivity contribution >= 4 is 0 Å². The van der Waals surface area contributed by atoms with Crippen molar-refractivity contribution in [1.82, 2.24) is 4.98 Å². The van der Waals surface area contributed by atoms with E-state index in [0.29, 0.717) is 0 Å². The third-order valence-corrected chi connectivity index (χ3v) is 1.31. The zero-order chi connectivity index (χ0) is 8.69. The molecule has 0 radical (unpaired) electrons. The monoisotopic (exact) mass is 153 g/mol. The summed E-state index contributed by atoms with van der Waals surface area (Å²) in [7, 11) is 0. The highest BCUT2D eigenvalue weighted by atomic mass is 16.3. The Hall–Kier alpha value is -0.890. The number of hydrogen-bond donors (Lipinski definition) is 1. The van der Waals surface area contributed by atoms with E-state index in [9.17, 15) is 0 Å². The molecule has 0 aliphatic rings. The van der Waals surface area contributed by atoms with E-state index in [4.69, 9.17) is 5.11 Å². The van der Waals surface area contributed by atoms with E-state index < -0.39 is 0 Å². The van der Waals surface area contributed by atoms with Gasteiger partial charge < -0.3 is 5.11 Å². The van der Waals surface area contributed by atoms with Crippen LogP contribution in [0.15, 0.2) is 18.5 Å². The minimum Gasteiger partial charge on any atom is -0.392 e. The largest absolute Gasteiger partial charge is 0.392 e. The van der Waals surface area contributed by atoms with Gasteiger partial charge >= 0.3 is 0 Å². The van der Waals surface area contributed by atoms with E-state index in [0.717, 1.165) is 11.1 Å². The van der Waals surface area contributed by atoms with Crippen molar-refractivity contribution in [3.8, 4) is 0 Å². The molecule has 0 aromatic carbocycles. The summed E-state index contributed by atoms with van der Waals surface area (Å²) in [6.07, 6.45) is 3.42. The summed E-state index contributed by atoms with van der Waals surface area (Å²) in [5.41, 5.74) is 1.99. The van der Waals surface area contributed by atoms with Crippen LogP contribution in [0.4, 0.5) is 0 Å². The molecule has 0 aliphatic carbocycles. The van der Waals surface area contributed by atoms with Gasteiger partial charge in [0.2, 0.25) is 0 Å². The summed E-state index contributed by atoms with van der Waals surface area (Å²) in [6, 6.07) is 1.81. The fourth-order valence-corrected chi connectivity index (χ4v) is 0.680. The first-order valence-electron chi connectivity index (χ1n) is 3.85. The molecule has 0 fully saturated rings. The number of rotatable bonds is 1. The normalized spacial score (nSPS) is 8.36. The summed E-state index contributed by atoms with van der Waals surface area (Å²) >= 11 is 0. The van der Waals surface area contributed by atoms with Gasteiger partial charge in [-0.05, 0) is 24.1 Å². The number of aliphatic hydroxyl groups excluding tert-OH is 1. The Balaban J connectivity index is 0.000000461. The highest BCUT2D eigenvalue weighted by Gasteiger charge is 1.91. The smallest absolute Gasteiger partial charge is 0.0685 e. The van der Waals surface area contributed by atoms with Gasteiger partial charge in [-0.15, -0.1) is 0 Å². The molecule has 62 valence electrons. The molecule has 2 heteroatoms. The Morgan fingerprint density at radius 1 is 1.45 bits per heavy atom. The third-order valence-electron chi connectivity index (χ3n) is 1.31. The number of aromatic nitrogens is 1. The zero-order valence-corrected chi connectivity index (χ0v) is 7.33. The SMILES string of the molecule is CC.Cc1cnccc1CO. The summed E-state index contributed by atoms with van der Waals surface area (Å²) in [4.78, 5) is 3.88. The molecule has 0 unspecified atom stereocenters. The minimum atomic E-state index is 0.106. The van der Waals surface area contributed by atoms with Gasteiger partial charge in [0.25, 0.3) is 0 Å². The van der Waals surface area contributed by atoms with E-state index in [1.54, 1.807) is 12.4 Å². The van der Waals surface area contributed by atoms with Crippen molar-refractivity contribution in [2.75, 3.05) is 0 Å². The van der Waals surface area contributed by atoms with E-state index in [1.165, 1.54) is 0 Å². The maximum atomic E-state index is 8.69. The van der Waals surface area contributed by atoms with Gasteiger partial charge in [-0.25, -0.2) is 0 Å². The van der Waals surface area contributed by atoms with Crippen LogP contribution < -0.4 is 0 Å². The van der Waals surface area contributed by atoms with Crippen molar-refractivity contribution in [1.29, 1.82) is 0 Å². The number of aryl methyl sites for hydroxylation is 1. The Bertz CT molecular complexity index is 199. The average Bonchev–Trinajstić information content (AvgIpc) is 2.09. The van der Waals surface area contributed by atoms with Crippen LogP contribution >= 0.6 is 0 Å². The van der Waals surface area contributed by atoms with Gasteiger partial charge in [-0.2, -0.15) is 0 Å². The lowest BCUT2D eigenvalue weighted by molar-refractivity contribution is 0.281. The number of pyridine rings is 1. The third kappa shape index (κ3) is 3.14. The highest BCUT2D eigenvalue weighted by Crippen LogP contribution is 2.02. The summed E-state index contributed by atoms with van der Waals surface area (Å²) in [5.74, 6) is 0. The predicted molar refractivity (Wildman–Crippen MR) is 46.2 cm³/mol. The minimum absolute atomic E-state index is 0.106. The quantitative estimate of drug-likeness (QED) is 0.668. The molecule has 0 saturated heterocycles. The molecule has 1 N–H and O–H groups in total. The molecule has 1 rings (SSSR count). The number of hydrogen-bond acceptors (Lipinski definition) is 2. The van der Waals surface area contributed by atoms with Crippen LogP contribution in [0.3, 0.4) is 0 Å². The standard InChI is InChI=1S/C7H9NO.C2H6/c1-6-4-8-3-2-7(6)5-9;1-2/h2-4,9H,5H2,1H3;1-2H3. The second-order valence-corrected chi connectivity index (χ2v) is 1.96. The predicted octanol–water partition coefficient (Wildman–Crippen LogP) is 1.91. The van der Waals surface area contributed by atoms with Crippen molar-refractivity contribution in [2.45, 2.75) is 27.4 Å². The van der Waals surface area contributed by atoms with Crippen LogP contribution in [0, 0.1) is 6.92 Å². The molecule has 0 saturated carbocycles. The van der Waals surface area contributed by atoms with Crippen LogP contribution in [-0.4, -0.2) is 10.1 Å². The second kappa shape index (κ2) is 5.86. The van der Waals surface area contributed by atoms with Crippen molar-refractivity contribution in [3.63, 3.8) is 0 Å². The van der Waals surface area contributed by atoms with Gasteiger partial charge in [-0.3, -0.25) is 4.98 Å². The maximum absolute atomic E-state index is 8.69. The van der Waals surface area contributed by atoms with E-state index in [1.807, 2.05) is 26.8 Å². The van der Waals surface area contributed by atoms with Crippen molar-refractivity contribution in [3.05, 3.63) is 29.6 Å². The first-order chi connectivity index (χ1) is 5.34. The fraction of sp³-hybridized carbons (Fsp3) is 0.444. The second-order valence-electron chi connectivity index (χ2n) is 1.96. The molecule has 1 heterocycles. The maximum Gasteiger partial charge on any atom is 0.0685 e. The summed E-state index contributed by atoms with van der Waals surface area (Å²) in [6.45, 7) is 6.03. The molecule has 1 aromatic rings. The molecule has 0 spiro atoms. The van der Waals surface area contributed by atoms with Gasteiger partial charge in [-0.1, -0.05) is 13.8 Å². The van der Waals surface area contributed by atoms with Crippen LogP contribution in [0.2, 0.25) is 0 Å². The molecule has 2 nitrogen and oxygen atoms in total. The van der Waals surface area contributed by atoms with Gasteiger partial charge in [0, 0.05) is 12.4 Å². The Morgan fingerprint density at radius 2 is 2.09 bits per heavy atom. The van der Waals surface area contributed by atoms with E-state index in [-0.39, 0.29) is 6.61 Å². The van der Waals surface area contributed by atoms with Crippen LogP contribution in [0.1, 0.15) is 25.0 Å².